The summed E-state index contributed by atoms with van der Waals surface area (Å²) in [5.41, 5.74) is 2.28. The first kappa shape index (κ1) is 14.8. The molecular weight excluding hydrogens is 306 g/mol. The van der Waals surface area contributed by atoms with Crippen molar-refractivity contribution >= 4 is 11.7 Å². The molecular formula is C18H19N3O3. The number of nitrogens with one attached hydrogen (secondary N) is 2. The van der Waals surface area contributed by atoms with Crippen molar-refractivity contribution < 1.29 is 14.3 Å². The number of amides is 1. The van der Waals surface area contributed by atoms with E-state index in [9.17, 15) is 4.79 Å². The van der Waals surface area contributed by atoms with Gasteiger partial charge in [-0.15, -0.1) is 0 Å². The first-order chi connectivity index (χ1) is 11.7. The maximum Gasteiger partial charge on any atom is 0.254 e. The predicted molar refractivity (Wildman–Crippen MR) is 90.4 cm³/mol. The van der Waals surface area contributed by atoms with E-state index in [1.54, 1.807) is 13.1 Å². The minimum Gasteiger partial charge on any atom is -0.454 e. The number of carbonyl (C=O) groups excluding carboxylic acids is 1. The van der Waals surface area contributed by atoms with E-state index in [1.165, 1.54) is 12.8 Å². The molecule has 1 aromatic heterocycles. The minimum atomic E-state index is -0.141. The highest BCUT2D eigenvalue weighted by Gasteiger charge is 2.22. The molecule has 1 aliphatic carbocycles. The van der Waals surface area contributed by atoms with Gasteiger partial charge in [-0.25, -0.2) is 4.98 Å². The second-order valence-corrected chi connectivity index (χ2v) is 6.06. The Bertz CT molecular complexity index is 787. The number of ether oxygens (including phenoxy) is 2. The third-order valence-corrected chi connectivity index (χ3v) is 4.29. The molecule has 24 heavy (non-hydrogen) atoms. The normalized spacial score (nSPS) is 15.2. The molecule has 0 radical (unpaired) electrons. The fourth-order valence-corrected chi connectivity index (χ4v) is 2.69. The molecule has 1 aliphatic heterocycles. The number of fused-ring (bicyclic) bond motifs is 1. The van der Waals surface area contributed by atoms with Gasteiger partial charge in [-0.1, -0.05) is 0 Å². The Balaban J connectivity index is 1.67. The Morgan fingerprint density at radius 1 is 1.21 bits per heavy atom. The maximum absolute atomic E-state index is 12.1. The van der Waals surface area contributed by atoms with Crippen LogP contribution >= 0.6 is 0 Å². The lowest BCUT2D eigenvalue weighted by atomic mass is 10.1. The predicted octanol–water partition coefficient (Wildman–Crippen LogP) is 2.66. The third-order valence-electron chi connectivity index (χ3n) is 4.29. The van der Waals surface area contributed by atoms with Gasteiger partial charge in [0.1, 0.15) is 5.82 Å². The van der Waals surface area contributed by atoms with Gasteiger partial charge in [-0.3, -0.25) is 4.79 Å². The summed E-state index contributed by atoms with van der Waals surface area (Å²) in [6.07, 6.45) is 2.48. The quantitative estimate of drug-likeness (QED) is 0.884. The fraction of sp³-hybridized carbons (Fsp3) is 0.333. The minimum absolute atomic E-state index is 0.141. The monoisotopic (exact) mass is 325 g/mol. The Kier molecular flexibility index (Phi) is 3.72. The number of carbonyl (C=O) groups is 1. The second-order valence-electron chi connectivity index (χ2n) is 6.06. The van der Waals surface area contributed by atoms with Crippen molar-refractivity contribution in [3.8, 4) is 22.8 Å². The van der Waals surface area contributed by atoms with Gasteiger partial charge in [0.25, 0.3) is 5.91 Å². The summed E-state index contributed by atoms with van der Waals surface area (Å²) >= 11 is 0. The van der Waals surface area contributed by atoms with E-state index < -0.39 is 0 Å². The van der Waals surface area contributed by atoms with Gasteiger partial charge in [0.2, 0.25) is 6.79 Å². The number of nitrogens with zero attached hydrogens (tertiary/aromatic N) is 1. The Morgan fingerprint density at radius 2 is 2.04 bits per heavy atom. The topological polar surface area (TPSA) is 72.5 Å². The lowest BCUT2D eigenvalue weighted by molar-refractivity contribution is 0.0963. The molecule has 4 rings (SSSR count). The van der Waals surface area contributed by atoms with E-state index in [4.69, 9.17) is 9.47 Å². The van der Waals surface area contributed by atoms with Crippen LogP contribution in [0.5, 0.6) is 11.5 Å². The molecule has 2 heterocycles. The van der Waals surface area contributed by atoms with Crippen molar-refractivity contribution in [2.75, 3.05) is 25.7 Å². The van der Waals surface area contributed by atoms with Crippen LogP contribution in [0.4, 0.5) is 5.82 Å². The molecule has 0 spiro atoms. The summed E-state index contributed by atoms with van der Waals surface area (Å²) in [7, 11) is 1.62. The van der Waals surface area contributed by atoms with Crippen LogP contribution in [0.15, 0.2) is 30.3 Å². The van der Waals surface area contributed by atoms with Crippen LogP contribution in [0.1, 0.15) is 23.2 Å². The average molecular weight is 325 g/mol. The molecule has 6 nitrogen and oxygen atoms in total. The molecule has 1 aromatic carbocycles. The number of aromatic nitrogens is 1. The third kappa shape index (κ3) is 2.87. The summed E-state index contributed by atoms with van der Waals surface area (Å²) in [4.78, 5) is 16.7. The van der Waals surface area contributed by atoms with E-state index in [-0.39, 0.29) is 12.7 Å². The van der Waals surface area contributed by atoms with Crippen LogP contribution < -0.4 is 20.1 Å². The molecule has 1 saturated carbocycles. The molecule has 0 unspecified atom stereocenters. The van der Waals surface area contributed by atoms with Crippen LogP contribution in [0.2, 0.25) is 0 Å². The van der Waals surface area contributed by atoms with Crippen molar-refractivity contribution in [3.05, 3.63) is 35.9 Å². The van der Waals surface area contributed by atoms with E-state index >= 15 is 0 Å². The highest BCUT2D eigenvalue weighted by molar-refractivity contribution is 5.99. The van der Waals surface area contributed by atoms with Gasteiger partial charge in [0.15, 0.2) is 11.5 Å². The van der Waals surface area contributed by atoms with Crippen molar-refractivity contribution in [2.45, 2.75) is 12.8 Å². The molecule has 1 fully saturated rings. The standard InChI is InChI=1S/C18H19N3O3/c1-19-18(22)13-5-6-14(21-17(13)20-9-11-2-3-11)12-4-7-15-16(8-12)24-10-23-15/h4-8,11H,2-3,9-10H2,1H3,(H,19,22)(H,20,21). The zero-order valence-electron chi connectivity index (χ0n) is 13.5. The zero-order valence-corrected chi connectivity index (χ0v) is 13.5. The number of anilines is 1. The lowest BCUT2D eigenvalue weighted by Crippen LogP contribution is -2.21. The highest BCUT2D eigenvalue weighted by Crippen LogP contribution is 2.36. The van der Waals surface area contributed by atoms with Crippen LogP contribution in [0, 0.1) is 5.92 Å². The summed E-state index contributed by atoms with van der Waals surface area (Å²) in [6, 6.07) is 9.39. The maximum atomic E-state index is 12.1. The first-order valence-electron chi connectivity index (χ1n) is 8.11. The largest absolute Gasteiger partial charge is 0.454 e. The Hall–Kier alpha value is -2.76. The van der Waals surface area contributed by atoms with Gasteiger partial charge in [0, 0.05) is 19.2 Å². The smallest absolute Gasteiger partial charge is 0.254 e. The number of benzene rings is 1. The van der Waals surface area contributed by atoms with Crippen LogP contribution in [-0.2, 0) is 0 Å². The first-order valence-corrected chi connectivity index (χ1v) is 8.11. The average Bonchev–Trinajstić information content (AvgIpc) is 3.33. The molecule has 124 valence electrons. The molecule has 1 amide bonds. The van der Waals surface area contributed by atoms with Crippen LogP contribution in [0.3, 0.4) is 0 Å². The molecule has 0 bridgehead atoms. The SMILES string of the molecule is CNC(=O)c1ccc(-c2ccc3c(c2)OCO3)nc1NCC1CC1. The van der Waals surface area contributed by atoms with Crippen molar-refractivity contribution in [2.24, 2.45) is 5.92 Å². The summed E-state index contributed by atoms with van der Waals surface area (Å²) in [6.45, 7) is 1.09. The van der Waals surface area contributed by atoms with E-state index in [0.717, 1.165) is 29.3 Å². The molecule has 2 N–H and O–H groups in total. The van der Waals surface area contributed by atoms with E-state index in [1.807, 2.05) is 24.3 Å². The Labute approximate surface area is 140 Å². The van der Waals surface area contributed by atoms with E-state index in [0.29, 0.717) is 17.3 Å². The van der Waals surface area contributed by atoms with Gasteiger partial charge < -0.3 is 20.1 Å². The van der Waals surface area contributed by atoms with Gasteiger partial charge >= 0.3 is 0 Å². The van der Waals surface area contributed by atoms with Crippen LogP contribution in [-0.4, -0.2) is 31.3 Å². The molecule has 0 saturated heterocycles. The van der Waals surface area contributed by atoms with E-state index in [2.05, 4.69) is 15.6 Å². The highest BCUT2D eigenvalue weighted by atomic mass is 16.7. The van der Waals surface area contributed by atoms with Gasteiger partial charge in [0.05, 0.1) is 11.3 Å². The fourth-order valence-electron chi connectivity index (χ4n) is 2.69. The number of hydrogen-bond donors (Lipinski definition) is 2. The lowest BCUT2D eigenvalue weighted by Gasteiger charge is -2.12. The summed E-state index contributed by atoms with van der Waals surface area (Å²) in [5, 5.41) is 5.99. The summed E-state index contributed by atoms with van der Waals surface area (Å²) in [5.74, 6) is 2.64. The zero-order chi connectivity index (χ0) is 16.5. The molecule has 2 aliphatic rings. The summed E-state index contributed by atoms with van der Waals surface area (Å²) < 4.78 is 10.8. The van der Waals surface area contributed by atoms with Crippen molar-refractivity contribution in [3.63, 3.8) is 0 Å². The number of rotatable bonds is 5. The number of pyridine rings is 1. The van der Waals surface area contributed by atoms with Crippen LogP contribution in [0.25, 0.3) is 11.3 Å². The second kappa shape index (κ2) is 6.03. The molecule has 6 heteroatoms. The number of hydrogen-bond acceptors (Lipinski definition) is 5. The Morgan fingerprint density at radius 3 is 2.83 bits per heavy atom. The van der Waals surface area contributed by atoms with Gasteiger partial charge in [-0.2, -0.15) is 0 Å². The molecule has 2 aromatic rings. The van der Waals surface area contributed by atoms with Crippen molar-refractivity contribution in [1.82, 2.24) is 10.3 Å². The van der Waals surface area contributed by atoms with Gasteiger partial charge in [-0.05, 0) is 49.1 Å². The van der Waals surface area contributed by atoms with Crippen molar-refractivity contribution in [1.29, 1.82) is 0 Å². The molecule has 0 atom stereocenters.